The summed E-state index contributed by atoms with van der Waals surface area (Å²) in [6, 6.07) is 7.94. The van der Waals surface area contributed by atoms with Crippen LogP contribution in [0.2, 0.25) is 0 Å². The summed E-state index contributed by atoms with van der Waals surface area (Å²) in [5.41, 5.74) is 1.37. The number of carbonyl (C=O) groups is 1. The van der Waals surface area contributed by atoms with Gasteiger partial charge in [0.15, 0.2) is 11.5 Å². The van der Waals surface area contributed by atoms with Gasteiger partial charge in [-0.2, -0.15) is 4.68 Å². The van der Waals surface area contributed by atoms with E-state index >= 15 is 0 Å². The number of nitrogens with zero attached hydrogens (tertiary/aromatic N) is 5. The van der Waals surface area contributed by atoms with Gasteiger partial charge in [0.1, 0.15) is 5.75 Å². The van der Waals surface area contributed by atoms with Crippen LogP contribution in [0.25, 0.3) is 5.70 Å². The van der Waals surface area contributed by atoms with Crippen molar-refractivity contribution in [2.75, 3.05) is 14.2 Å². The fraction of sp³-hybridized carbons (Fsp3) is 0.500. The number of methoxy groups -OCH3 is 2. The first-order chi connectivity index (χ1) is 13.7. The Morgan fingerprint density at radius 2 is 1.96 bits per heavy atom. The molecule has 1 saturated carbocycles. The van der Waals surface area contributed by atoms with Crippen molar-refractivity contribution in [1.29, 1.82) is 0 Å². The average Bonchev–Trinajstić information content (AvgIpc) is 3.23. The third-order valence-corrected chi connectivity index (χ3v) is 5.67. The van der Waals surface area contributed by atoms with Gasteiger partial charge >= 0.3 is 5.97 Å². The molecule has 1 aromatic heterocycles. The molecule has 1 aliphatic carbocycles. The van der Waals surface area contributed by atoms with Crippen LogP contribution in [0.1, 0.15) is 49.5 Å². The number of hydrogen-bond acceptors (Lipinski definition) is 7. The van der Waals surface area contributed by atoms with Gasteiger partial charge in [-0.1, -0.05) is 37.5 Å². The van der Waals surface area contributed by atoms with E-state index in [0.29, 0.717) is 24.0 Å². The second-order valence-electron chi connectivity index (χ2n) is 7.28. The largest absolute Gasteiger partial charge is 0.496 e. The van der Waals surface area contributed by atoms with Crippen LogP contribution >= 0.6 is 0 Å². The number of aromatic nitrogens is 4. The highest BCUT2D eigenvalue weighted by atomic mass is 16.5. The first kappa shape index (κ1) is 18.5. The zero-order valence-electron chi connectivity index (χ0n) is 16.2. The fourth-order valence-electron chi connectivity index (χ4n) is 4.34. The summed E-state index contributed by atoms with van der Waals surface area (Å²) in [6.07, 6.45) is 7.77. The highest BCUT2D eigenvalue weighted by Gasteiger charge is 2.38. The smallest absolute Gasteiger partial charge is 0.358 e. The van der Waals surface area contributed by atoms with E-state index in [0.717, 1.165) is 24.2 Å². The van der Waals surface area contributed by atoms with E-state index in [4.69, 9.17) is 9.47 Å². The first-order valence-electron chi connectivity index (χ1n) is 9.69. The number of carbonyl (C=O) groups excluding carboxylic acids is 1. The van der Waals surface area contributed by atoms with Crippen molar-refractivity contribution in [1.82, 2.24) is 25.1 Å². The standard InChI is InChI=1S/C20H25N5O3/c1-27-17-11-7-6-10-15(17)12-24-13-16(20(26)28-2)25-19(21-22-23-25)18(24)14-8-4-3-5-9-14/h6-7,10-11,13-14,18H,3-5,8-9,12H2,1-2H3. The summed E-state index contributed by atoms with van der Waals surface area (Å²) in [5, 5.41) is 12.2. The molecule has 0 radical (unpaired) electrons. The summed E-state index contributed by atoms with van der Waals surface area (Å²) < 4.78 is 12.0. The van der Waals surface area contributed by atoms with Crippen molar-refractivity contribution in [2.45, 2.75) is 44.7 Å². The third-order valence-electron chi connectivity index (χ3n) is 5.67. The maximum atomic E-state index is 12.4. The molecule has 2 heterocycles. The van der Waals surface area contributed by atoms with Gasteiger partial charge in [0.2, 0.25) is 0 Å². The second-order valence-corrected chi connectivity index (χ2v) is 7.28. The molecule has 2 aliphatic rings. The van der Waals surface area contributed by atoms with Crippen molar-refractivity contribution in [3.05, 3.63) is 41.9 Å². The molecule has 0 amide bonds. The number of ether oxygens (including phenoxy) is 2. The van der Waals surface area contributed by atoms with Crippen molar-refractivity contribution in [3.8, 4) is 5.75 Å². The van der Waals surface area contributed by atoms with Crippen LogP contribution in [0.3, 0.4) is 0 Å². The Bertz CT molecular complexity index is 872. The number of para-hydroxylation sites is 1. The monoisotopic (exact) mass is 383 g/mol. The van der Waals surface area contributed by atoms with E-state index in [2.05, 4.69) is 20.4 Å². The Morgan fingerprint density at radius 3 is 2.71 bits per heavy atom. The molecule has 0 spiro atoms. The molecule has 2 aromatic rings. The van der Waals surface area contributed by atoms with Crippen LogP contribution < -0.4 is 4.74 Å². The number of fused-ring (bicyclic) bond motifs is 1. The molecule has 1 unspecified atom stereocenters. The molecule has 8 heteroatoms. The normalized spacial score (nSPS) is 19.7. The van der Waals surface area contributed by atoms with E-state index in [1.54, 1.807) is 7.11 Å². The van der Waals surface area contributed by atoms with Gasteiger partial charge in [0.05, 0.1) is 20.3 Å². The predicted molar refractivity (Wildman–Crippen MR) is 102 cm³/mol. The number of tetrazole rings is 1. The van der Waals surface area contributed by atoms with E-state index in [9.17, 15) is 4.79 Å². The predicted octanol–water partition coefficient (Wildman–Crippen LogP) is 2.79. The molecule has 28 heavy (non-hydrogen) atoms. The van der Waals surface area contributed by atoms with Gasteiger partial charge in [-0.25, -0.2) is 4.79 Å². The van der Waals surface area contributed by atoms with E-state index < -0.39 is 5.97 Å². The topological polar surface area (TPSA) is 82.4 Å². The number of benzene rings is 1. The van der Waals surface area contributed by atoms with Gasteiger partial charge in [0, 0.05) is 18.3 Å². The Labute approximate surface area is 164 Å². The quantitative estimate of drug-likeness (QED) is 0.734. The lowest BCUT2D eigenvalue weighted by Crippen LogP contribution is -2.37. The molecule has 8 nitrogen and oxygen atoms in total. The van der Waals surface area contributed by atoms with Gasteiger partial charge in [-0.05, 0) is 35.3 Å². The molecular weight excluding hydrogens is 358 g/mol. The summed E-state index contributed by atoms with van der Waals surface area (Å²) in [7, 11) is 3.04. The van der Waals surface area contributed by atoms with Crippen LogP contribution in [0, 0.1) is 5.92 Å². The molecule has 0 N–H and O–H groups in total. The average molecular weight is 383 g/mol. The Kier molecular flexibility index (Phi) is 5.27. The summed E-state index contributed by atoms with van der Waals surface area (Å²) >= 11 is 0. The van der Waals surface area contributed by atoms with Crippen LogP contribution in [0.5, 0.6) is 5.75 Å². The molecule has 148 valence electrons. The maximum Gasteiger partial charge on any atom is 0.358 e. The lowest BCUT2D eigenvalue weighted by molar-refractivity contribution is -0.134. The van der Waals surface area contributed by atoms with Crippen molar-refractivity contribution in [3.63, 3.8) is 0 Å². The zero-order chi connectivity index (χ0) is 19.5. The molecule has 1 aliphatic heterocycles. The van der Waals surface area contributed by atoms with Crippen molar-refractivity contribution < 1.29 is 14.3 Å². The Hall–Kier alpha value is -2.90. The molecule has 0 saturated heterocycles. The molecule has 4 rings (SSSR count). The highest BCUT2D eigenvalue weighted by molar-refractivity contribution is 6.09. The van der Waals surface area contributed by atoms with Crippen LogP contribution in [0.15, 0.2) is 30.5 Å². The van der Waals surface area contributed by atoms with Crippen LogP contribution in [-0.4, -0.2) is 45.3 Å². The van der Waals surface area contributed by atoms with Crippen LogP contribution in [-0.2, 0) is 16.1 Å². The first-order valence-corrected chi connectivity index (χ1v) is 9.69. The summed E-state index contributed by atoms with van der Waals surface area (Å²) in [5.74, 6) is 1.50. The second kappa shape index (κ2) is 8.00. The zero-order valence-corrected chi connectivity index (χ0v) is 16.2. The Morgan fingerprint density at radius 1 is 1.18 bits per heavy atom. The molecule has 0 bridgehead atoms. The number of esters is 1. The number of rotatable bonds is 5. The minimum absolute atomic E-state index is 0.00798. The fourth-order valence-corrected chi connectivity index (χ4v) is 4.34. The van der Waals surface area contributed by atoms with Gasteiger partial charge < -0.3 is 14.4 Å². The van der Waals surface area contributed by atoms with Crippen molar-refractivity contribution >= 4 is 11.7 Å². The Balaban J connectivity index is 1.75. The minimum atomic E-state index is -0.458. The number of hydrogen-bond donors (Lipinski definition) is 0. The van der Waals surface area contributed by atoms with Gasteiger partial charge in [-0.3, -0.25) is 0 Å². The highest BCUT2D eigenvalue weighted by Crippen LogP contribution is 2.41. The molecule has 1 aromatic carbocycles. The molecule has 1 fully saturated rings. The van der Waals surface area contributed by atoms with E-state index in [1.807, 2.05) is 30.5 Å². The summed E-state index contributed by atoms with van der Waals surface area (Å²) in [4.78, 5) is 14.5. The van der Waals surface area contributed by atoms with Gasteiger partial charge in [-0.15, -0.1) is 5.10 Å². The van der Waals surface area contributed by atoms with E-state index in [-0.39, 0.29) is 6.04 Å². The lowest BCUT2D eigenvalue weighted by atomic mass is 9.82. The van der Waals surface area contributed by atoms with Crippen molar-refractivity contribution in [2.24, 2.45) is 5.92 Å². The maximum absolute atomic E-state index is 12.4. The summed E-state index contributed by atoms with van der Waals surface area (Å²) in [6.45, 7) is 0.596. The molecular formula is C20H25N5O3. The van der Waals surface area contributed by atoms with E-state index in [1.165, 1.54) is 31.1 Å². The SMILES string of the molecule is COC(=O)C1=CN(Cc2ccccc2OC)C(C2CCCCC2)c2nnnn21. The van der Waals surface area contributed by atoms with Crippen LogP contribution in [0.4, 0.5) is 0 Å². The minimum Gasteiger partial charge on any atom is -0.496 e. The molecule has 1 atom stereocenters. The van der Waals surface area contributed by atoms with Gasteiger partial charge in [0.25, 0.3) is 0 Å². The lowest BCUT2D eigenvalue weighted by Gasteiger charge is -2.40. The third kappa shape index (κ3) is 3.34.